The number of imide groups is 1. The summed E-state index contributed by atoms with van der Waals surface area (Å²) in [6, 6.07) is -0.436. The molecule has 0 radical (unpaired) electrons. The number of carbonyl (C=O) groups excluding carboxylic acids is 2. The van der Waals surface area contributed by atoms with Gasteiger partial charge in [0.2, 0.25) is 17.8 Å². The predicted octanol–water partition coefficient (Wildman–Crippen LogP) is -1.03. The first-order valence-corrected chi connectivity index (χ1v) is 6.83. The van der Waals surface area contributed by atoms with E-state index in [1.54, 1.807) is 4.90 Å². The highest BCUT2D eigenvalue weighted by molar-refractivity contribution is 6.04. The number of hydrogen-bond donors (Lipinski definition) is 3. The second-order valence-corrected chi connectivity index (χ2v) is 4.36. The van der Waals surface area contributed by atoms with Crippen molar-refractivity contribution in [2.75, 3.05) is 26.3 Å². The van der Waals surface area contributed by atoms with Crippen LogP contribution in [0.25, 0.3) is 0 Å². The summed E-state index contributed by atoms with van der Waals surface area (Å²) in [6.07, 6.45) is 1.32. The van der Waals surface area contributed by atoms with E-state index in [4.69, 9.17) is 10.6 Å². The number of nitrogens with two attached hydrogens (primary N) is 1. The van der Waals surface area contributed by atoms with E-state index in [1.807, 2.05) is 13.8 Å². The van der Waals surface area contributed by atoms with Gasteiger partial charge in [0.1, 0.15) is 12.6 Å². The first kappa shape index (κ1) is 16.4. The Morgan fingerprint density at radius 3 is 2.90 bits per heavy atom. The largest absolute Gasteiger partial charge is 0.382 e. The number of hydrazine groups is 1. The van der Waals surface area contributed by atoms with Crippen LogP contribution in [-0.2, 0) is 14.3 Å². The molecule has 0 aromatic carbocycles. The molecule has 8 nitrogen and oxygen atoms in total. The third kappa shape index (κ3) is 4.46. The van der Waals surface area contributed by atoms with Gasteiger partial charge >= 0.3 is 0 Å². The number of carbonyl (C=O) groups is 2. The van der Waals surface area contributed by atoms with E-state index >= 15 is 0 Å². The Morgan fingerprint density at radius 1 is 1.55 bits per heavy atom. The summed E-state index contributed by atoms with van der Waals surface area (Å²) in [6.45, 7) is 5.68. The summed E-state index contributed by atoms with van der Waals surface area (Å²) in [4.78, 5) is 29.1. The third-order valence-corrected chi connectivity index (χ3v) is 2.96. The van der Waals surface area contributed by atoms with Crippen LogP contribution in [-0.4, -0.2) is 55.0 Å². The standard InChI is InChI=1S/C12H23N5O3/c1-3-9-11(19)15-10(18)8-17(9)12(16-13)14-6-5-7-20-4-2/h9H,3-8,13H2,1-2H3,(H,14,16)(H,15,18,19). The van der Waals surface area contributed by atoms with E-state index in [0.717, 1.165) is 6.42 Å². The Bertz CT molecular complexity index is 372. The Labute approximate surface area is 118 Å². The smallest absolute Gasteiger partial charge is 0.249 e. The molecule has 4 N–H and O–H groups in total. The molecule has 0 aliphatic carbocycles. The van der Waals surface area contributed by atoms with E-state index in [9.17, 15) is 9.59 Å². The van der Waals surface area contributed by atoms with E-state index in [-0.39, 0.29) is 18.4 Å². The van der Waals surface area contributed by atoms with Crippen LogP contribution in [0.15, 0.2) is 4.99 Å². The van der Waals surface area contributed by atoms with Crippen molar-refractivity contribution in [3.05, 3.63) is 0 Å². The predicted molar refractivity (Wildman–Crippen MR) is 74.7 cm³/mol. The van der Waals surface area contributed by atoms with Crippen LogP contribution in [0.4, 0.5) is 0 Å². The topological polar surface area (TPSA) is 109 Å². The van der Waals surface area contributed by atoms with Gasteiger partial charge in [0.05, 0.1) is 0 Å². The van der Waals surface area contributed by atoms with Crippen molar-refractivity contribution < 1.29 is 14.3 Å². The minimum absolute atomic E-state index is 0.0682. The SMILES string of the molecule is CCOCCCN=C(NN)N1CC(=O)NC(=O)C1CC. The summed E-state index contributed by atoms with van der Waals surface area (Å²) in [5.74, 6) is 5.15. The number of hydrogen-bond acceptors (Lipinski definition) is 5. The van der Waals surface area contributed by atoms with Crippen molar-refractivity contribution in [1.29, 1.82) is 0 Å². The van der Waals surface area contributed by atoms with Gasteiger partial charge in [0.25, 0.3) is 0 Å². The summed E-state index contributed by atoms with van der Waals surface area (Å²) in [5.41, 5.74) is 2.47. The van der Waals surface area contributed by atoms with Crippen LogP contribution in [0.1, 0.15) is 26.7 Å². The van der Waals surface area contributed by atoms with Gasteiger partial charge in [-0.2, -0.15) is 0 Å². The fourth-order valence-electron chi connectivity index (χ4n) is 2.01. The maximum absolute atomic E-state index is 11.8. The molecule has 1 heterocycles. The minimum atomic E-state index is -0.436. The molecule has 1 rings (SSSR count). The lowest BCUT2D eigenvalue weighted by Crippen LogP contribution is -2.62. The van der Waals surface area contributed by atoms with Crippen molar-refractivity contribution in [3.8, 4) is 0 Å². The monoisotopic (exact) mass is 285 g/mol. The molecule has 8 heteroatoms. The molecule has 1 fully saturated rings. The molecule has 20 heavy (non-hydrogen) atoms. The highest BCUT2D eigenvalue weighted by Crippen LogP contribution is 2.09. The molecule has 0 aromatic heterocycles. The van der Waals surface area contributed by atoms with Crippen LogP contribution < -0.4 is 16.6 Å². The lowest BCUT2D eigenvalue weighted by atomic mass is 10.1. The summed E-state index contributed by atoms with van der Waals surface area (Å²) in [5, 5.41) is 2.31. The molecule has 0 bridgehead atoms. The van der Waals surface area contributed by atoms with Crippen molar-refractivity contribution in [2.45, 2.75) is 32.7 Å². The molecule has 1 atom stereocenters. The van der Waals surface area contributed by atoms with Crippen molar-refractivity contribution in [2.24, 2.45) is 10.8 Å². The lowest BCUT2D eigenvalue weighted by Gasteiger charge is -2.35. The molecule has 2 amide bonds. The number of amides is 2. The number of piperazine rings is 1. The van der Waals surface area contributed by atoms with E-state index < -0.39 is 6.04 Å². The van der Waals surface area contributed by atoms with Crippen molar-refractivity contribution >= 4 is 17.8 Å². The first-order chi connectivity index (χ1) is 9.63. The zero-order chi connectivity index (χ0) is 15.0. The van der Waals surface area contributed by atoms with Gasteiger partial charge in [-0.05, 0) is 19.8 Å². The summed E-state index contributed by atoms with van der Waals surface area (Å²) in [7, 11) is 0. The number of ether oxygens (including phenoxy) is 1. The van der Waals surface area contributed by atoms with Crippen LogP contribution in [0.5, 0.6) is 0 Å². The molecule has 1 unspecified atom stereocenters. The average Bonchev–Trinajstić information content (AvgIpc) is 2.42. The summed E-state index contributed by atoms with van der Waals surface area (Å²) >= 11 is 0. The number of rotatable bonds is 6. The van der Waals surface area contributed by atoms with Crippen LogP contribution >= 0.6 is 0 Å². The lowest BCUT2D eigenvalue weighted by molar-refractivity contribution is -0.137. The Balaban J connectivity index is 2.67. The highest BCUT2D eigenvalue weighted by Gasteiger charge is 2.34. The average molecular weight is 285 g/mol. The van der Waals surface area contributed by atoms with Crippen molar-refractivity contribution in [1.82, 2.24) is 15.6 Å². The van der Waals surface area contributed by atoms with Gasteiger partial charge in [0, 0.05) is 19.8 Å². The molecular formula is C12H23N5O3. The van der Waals surface area contributed by atoms with Crippen LogP contribution in [0.3, 0.4) is 0 Å². The zero-order valence-electron chi connectivity index (χ0n) is 12.0. The maximum Gasteiger partial charge on any atom is 0.249 e. The van der Waals surface area contributed by atoms with Crippen LogP contribution in [0.2, 0.25) is 0 Å². The molecule has 0 spiro atoms. The Kier molecular flexibility index (Phi) is 6.96. The molecule has 0 aromatic rings. The quantitative estimate of drug-likeness (QED) is 0.144. The number of aliphatic imine (C=N–C) groups is 1. The number of nitrogens with zero attached hydrogens (tertiary/aromatic N) is 2. The van der Waals surface area contributed by atoms with Crippen molar-refractivity contribution in [3.63, 3.8) is 0 Å². The van der Waals surface area contributed by atoms with Gasteiger partial charge in [0.15, 0.2) is 0 Å². The summed E-state index contributed by atoms with van der Waals surface area (Å²) < 4.78 is 5.22. The molecule has 0 saturated carbocycles. The molecule has 1 aliphatic heterocycles. The second-order valence-electron chi connectivity index (χ2n) is 4.36. The Morgan fingerprint density at radius 2 is 2.30 bits per heavy atom. The fraction of sp³-hybridized carbons (Fsp3) is 0.750. The second kappa shape index (κ2) is 8.49. The normalized spacial score (nSPS) is 20.1. The first-order valence-electron chi connectivity index (χ1n) is 6.83. The number of guanidine groups is 1. The van der Waals surface area contributed by atoms with Gasteiger partial charge < -0.3 is 9.64 Å². The van der Waals surface area contributed by atoms with Gasteiger partial charge in [-0.1, -0.05) is 6.92 Å². The Hall–Kier alpha value is -1.67. The highest BCUT2D eigenvalue weighted by atomic mass is 16.5. The van der Waals surface area contributed by atoms with E-state index in [0.29, 0.717) is 32.1 Å². The molecule has 1 aliphatic rings. The van der Waals surface area contributed by atoms with E-state index in [1.165, 1.54) is 0 Å². The molecule has 114 valence electrons. The van der Waals surface area contributed by atoms with E-state index in [2.05, 4.69) is 15.7 Å². The van der Waals surface area contributed by atoms with Gasteiger partial charge in [-0.15, -0.1) is 0 Å². The number of nitrogens with one attached hydrogen (secondary N) is 2. The fourth-order valence-corrected chi connectivity index (χ4v) is 2.01. The third-order valence-electron chi connectivity index (χ3n) is 2.96. The van der Waals surface area contributed by atoms with Gasteiger partial charge in [-0.25, -0.2) is 5.84 Å². The molecule has 1 saturated heterocycles. The van der Waals surface area contributed by atoms with Gasteiger partial charge in [-0.3, -0.25) is 25.3 Å². The zero-order valence-corrected chi connectivity index (χ0v) is 12.0. The maximum atomic E-state index is 11.8. The van der Waals surface area contributed by atoms with Crippen LogP contribution in [0, 0.1) is 0 Å². The molecular weight excluding hydrogens is 262 g/mol. The minimum Gasteiger partial charge on any atom is -0.382 e.